The summed E-state index contributed by atoms with van der Waals surface area (Å²) in [6.07, 6.45) is 5.51. The van der Waals surface area contributed by atoms with Gasteiger partial charge in [0.2, 0.25) is 0 Å². The lowest BCUT2D eigenvalue weighted by Gasteiger charge is -2.21. The van der Waals surface area contributed by atoms with E-state index < -0.39 is 0 Å². The minimum Gasteiger partial charge on any atom is -0.380 e. The summed E-state index contributed by atoms with van der Waals surface area (Å²) in [7, 11) is 0. The van der Waals surface area contributed by atoms with Gasteiger partial charge in [-0.3, -0.25) is 0 Å². The molecule has 1 aromatic rings. The smallest absolute Gasteiger partial charge is 0.0622 e. The number of rotatable bonds is 8. The standard InChI is InChI=1S/C13H23N3O/c1-5-16-9-12(8-15-16)7-14-13(11(3)4)10-17-6-2/h5,8-9,11,13-14H,1,6-7,10H2,2-4H3. The Bertz CT molecular complexity index is 333. The number of nitrogens with one attached hydrogen (secondary N) is 1. The second kappa shape index (κ2) is 7.25. The van der Waals surface area contributed by atoms with Crippen molar-refractivity contribution in [2.75, 3.05) is 13.2 Å². The first-order chi connectivity index (χ1) is 8.17. The summed E-state index contributed by atoms with van der Waals surface area (Å²) >= 11 is 0. The molecule has 0 spiro atoms. The SMILES string of the molecule is C=Cn1cc(CNC(COCC)C(C)C)cn1. The zero-order valence-electron chi connectivity index (χ0n) is 11.0. The fourth-order valence-corrected chi connectivity index (χ4v) is 1.55. The van der Waals surface area contributed by atoms with Crippen molar-refractivity contribution in [3.63, 3.8) is 0 Å². The van der Waals surface area contributed by atoms with E-state index in [1.54, 1.807) is 10.9 Å². The third kappa shape index (κ3) is 4.71. The molecule has 1 aromatic heterocycles. The number of ether oxygens (including phenoxy) is 1. The molecule has 1 heterocycles. The highest BCUT2D eigenvalue weighted by atomic mass is 16.5. The molecule has 0 aromatic carbocycles. The fourth-order valence-electron chi connectivity index (χ4n) is 1.55. The van der Waals surface area contributed by atoms with Gasteiger partial charge in [0.05, 0.1) is 12.8 Å². The van der Waals surface area contributed by atoms with Gasteiger partial charge in [0, 0.05) is 37.2 Å². The number of nitrogens with zero attached hydrogens (tertiary/aromatic N) is 2. The third-order valence-corrected chi connectivity index (χ3v) is 2.72. The maximum Gasteiger partial charge on any atom is 0.0622 e. The maximum atomic E-state index is 5.47. The predicted molar refractivity (Wildman–Crippen MR) is 70.6 cm³/mol. The van der Waals surface area contributed by atoms with Gasteiger partial charge in [0.25, 0.3) is 0 Å². The van der Waals surface area contributed by atoms with Crippen LogP contribution in [0.3, 0.4) is 0 Å². The average molecular weight is 237 g/mol. The minimum absolute atomic E-state index is 0.377. The van der Waals surface area contributed by atoms with E-state index in [1.807, 2.05) is 19.3 Å². The van der Waals surface area contributed by atoms with Crippen LogP contribution in [0.25, 0.3) is 6.20 Å². The first-order valence-corrected chi connectivity index (χ1v) is 6.14. The van der Waals surface area contributed by atoms with Gasteiger partial charge in [-0.2, -0.15) is 5.10 Å². The van der Waals surface area contributed by atoms with E-state index in [1.165, 1.54) is 0 Å². The normalized spacial score (nSPS) is 12.9. The largest absolute Gasteiger partial charge is 0.380 e. The van der Waals surface area contributed by atoms with Gasteiger partial charge in [-0.1, -0.05) is 20.4 Å². The van der Waals surface area contributed by atoms with Crippen LogP contribution < -0.4 is 5.32 Å². The van der Waals surface area contributed by atoms with Crippen LogP contribution in [0.4, 0.5) is 0 Å². The van der Waals surface area contributed by atoms with Crippen molar-refractivity contribution in [3.05, 3.63) is 24.5 Å². The number of hydrogen-bond donors (Lipinski definition) is 1. The van der Waals surface area contributed by atoms with E-state index in [0.29, 0.717) is 12.0 Å². The van der Waals surface area contributed by atoms with Gasteiger partial charge >= 0.3 is 0 Å². The van der Waals surface area contributed by atoms with Crippen molar-refractivity contribution < 1.29 is 4.74 Å². The van der Waals surface area contributed by atoms with Crippen LogP contribution in [-0.2, 0) is 11.3 Å². The van der Waals surface area contributed by atoms with Crippen LogP contribution in [0.5, 0.6) is 0 Å². The number of hydrogen-bond acceptors (Lipinski definition) is 3. The highest BCUT2D eigenvalue weighted by Gasteiger charge is 2.12. The van der Waals surface area contributed by atoms with Crippen LogP contribution >= 0.6 is 0 Å². The molecule has 4 heteroatoms. The van der Waals surface area contributed by atoms with Gasteiger partial charge < -0.3 is 10.1 Å². The number of aromatic nitrogens is 2. The van der Waals surface area contributed by atoms with Crippen LogP contribution in [0.1, 0.15) is 26.3 Å². The zero-order chi connectivity index (χ0) is 12.7. The summed E-state index contributed by atoms with van der Waals surface area (Å²) in [5, 5.41) is 7.64. The van der Waals surface area contributed by atoms with E-state index >= 15 is 0 Å². The van der Waals surface area contributed by atoms with Crippen molar-refractivity contribution in [1.29, 1.82) is 0 Å². The van der Waals surface area contributed by atoms with Crippen molar-refractivity contribution in [3.8, 4) is 0 Å². The molecule has 0 aliphatic heterocycles. The van der Waals surface area contributed by atoms with Crippen molar-refractivity contribution in [1.82, 2.24) is 15.1 Å². The fraction of sp³-hybridized carbons (Fsp3) is 0.615. The van der Waals surface area contributed by atoms with Crippen molar-refractivity contribution in [2.24, 2.45) is 5.92 Å². The Morgan fingerprint density at radius 3 is 2.88 bits per heavy atom. The lowest BCUT2D eigenvalue weighted by atomic mass is 10.1. The molecule has 0 amide bonds. The van der Waals surface area contributed by atoms with Gasteiger partial charge in [-0.15, -0.1) is 0 Å². The molecular formula is C13H23N3O. The van der Waals surface area contributed by atoms with E-state index in [-0.39, 0.29) is 0 Å². The van der Waals surface area contributed by atoms with Crippen LogP contribution in [-0.4, -0.2) is 29.0 Å². The van der Waals surface area contributed by atoms with E-state index in [4.69, 9.17) is 4.74 Å². The van der Waals surface area contributed by atoms with E-state index in [0.717, 1.165) is 25.3 Å². The Morgan fingerprint density at radius 1 is 1.59 bits per heavy atom. The second-order valence-electron chi connectivity index (χ2n) is 4.40. The third-order valence-electron chi connectivity index (χ3n) is 2.72. The molecule has 4 nitrogen and oxygen atoms in total. The summed E-state index contributed by atoms with van der Waals surface area (Å²) in [6.45, 7) is 12.4. The predicted octanol–water partition coefficient (Wildman–Crippen LogP) is 2.13. The molecule has 0 aliphatic carbocycles. The average Bonchev–Trinajstić information content (AvgIpc) is 2.76. The Labute approximate surface area is 104 Å². The summed E-state index contributed by atoms with van der Waals surface area (Å²) in [4.78, 5) is 0. The Hall–Kier alpha value is -1.13. The first kappa shape index (κ1) is 13.9. The Kier molecular flexibility index (Phi) is 5.94. The molecule has 1 unspecified atom stereocenters. The minimum atomic E-state index is 0.377. The highest BCUT2D eigenvalue weighted by molar-refractivity contribution is 5.17. The lowest BCUT2D eigenvalue weighted by molar-refractivity contribution is 0.108. The second-order valence-corrected chi connectivity index (χ2v) is 4.40. The summed E-state index contributed by atoms with van der Waals surface area (Å²) in [5.74, 6) is 0.552. The quantitative estimate of drug-likeness (QED) is 0.753. The molecule has 0 fully saturated rings. The van der Waals surface area contributed by atoms with Crippen molar-refractivity contribution >= 4 is 6.20 Å². The molecule has 96 valence electrons. The summed E-state index contributed by atoms with van der Waals surface area (Å²) < 4.78 is 7.18. The molecule has 0 saturated carbocycles. The monoisotopic (exact) mass is 237 g/mol. The van der Waals surface area contributed by atoms with Crippen LogP contribution in [0.15, 0.2) is 19.0 Å². The van der Waals surface area contributed by atoms with Gasteiger partial charge in [-0.25, -0.2) is 4.68 Å². The highest BCUT2D eigenvalue weighted by Crippen LogP contribution is 2.05. The molecule has 0 aliphatic rings. The van der Waals surface area contributed by atoms with Crippen LogP contribution in [0.2, 0.25) is 0 Å². The molecule has 17 heavy (non-hydrogen) atoms. The maximum absolute atomic E-state index is 5.47. The molecule has 1 rings (SSSR count). The Balaban J connectivity index is 2.42. The molecule has 1 atom stereocenters. The zero-order valence-corrected chi connectivity index (χ0v) is 11.0. The molecule has 0 bridgehead atoms. The molecule has 0 radical (unpaired) electrons. The lowest BCUT2D eigenvalue weighted by Crippen LogP contribution is -2.37. The van der Waals surface area contributed by atoms with Gasteiger partial charge in [-0.05, 0) is 12.8 Å². The topological polar surface area (TPSA) is 39.1 Å². The molecule has 1 N–H and O–H groups in total. The summed E-state index contributed by atoms with van der Waals surface area (Å²) in [6, 6.07) is 0.377. The van der Waals surface area contributed by atoms with Gasteiger partial charge in [0.1, 0.15) is 0 Å². The van der Waals surface area contributed by atoms with E-state index in [2.05, 4.69) is 30.8 Å². The first-order valence-electron chi connectivity index (χ1n) is 6.14. The summed E-state index contributed by atoms with van der Waals surface area (Å²) in [5.41, 5.74) is 1.16. The molecular weight excluding hydrogens is 214 g/mol. The van der Waals surface area contributed by atoms with E-state index in [9.17, 15) is 0 Å². The van der Waals surface area contributed by atoms with Crippen LogP contribution in [0, 0.1) is 5.92 Å². The Morgan fingerprint density at radius 2 is 2.35 bits per heavy atom. The van der Waals surface area contributed by atoms with Crippen molar-refractivity contribution in [2.45, 2.75) is 33.4 Å². The van der Waals surface area contributed by atoms with Gasteiger partial charge in [0.15, 0.2) is 0 Å². The molecule has 0 saturated heterocycles.